The van der Waals surface area contributed by atoms with E-state index in [1.54, 1.807) is 0 Å². The molecule has 0 aromatic heterocycles. The Kier molecular flexibility index (Phi) is 7.60. The summed E-state index contributed by atoms with van der Waals surface area (Å²) in [5, 5.41) is 3.43. The number of halogens is 1. The number of nitrogens with one attached hydrogen (secondary N) is 1. The fourth-order valence-electron chi connectivity index (χ4n) is 4.06. The second kappa shape index (κ2) is 9.21. The Bertz CT molecular complexity index is 369. The van der Waals surface area contributed by atoms with Gasteiger partial charge in [-0.25, -0.2) is 0 Å². The molecular formula is C17H32ClN3O2. The molecule has 0 unspecified atom stereocenters. The van der Waals surface area contributed by atoms with E-state index < -0.39 is 0 Å². The molecule has 3 aliphatic heterocycles. The molecule has 3 aliphatic rings. The van der Waals surface area contributed by atoms with E-state index in [0.717, 1.165) is 64.7 Å². The largest absolute Gasteiger partial charge is 0.381 e. The van der Waals surface area contributed by atoms with Crippen molar-refractivity contribution >= 4 is 18.3 Å². The maximum Gasteiger partial charge on any atom is 0.225 e. The van der Waals surface area contributed by atoms with Gasteiger partial charge in [-0.3, -0.25) is 9.69 Å². The summed E-state index contributed by atoms with van der Waals surface area (Å²) in [5.74, 6) is 1.44. The molecule has 0 aromatic carbocycles. The van der Waals surface area contributed by atoms with Crippen LogP contribution in [0, 0.1) is 11.8 Å². The molecule has 6 heteroatoms. The highest BCUT2D eigenvalue weighted by atomic mass is 35.5. The first-order valence-electron chi connectivity index (χ1n) is 9.04. The molecule has 0 spiro atoms. The average Bonchev–Trinajstić information content (AvgIpc) is 2.56. The van der Waals surface area contributed by atoms with E-state index in [9.17, 15) is 4.79 Å². The summed E-state index contributed by atoms with van der Waals surface area (Å²) >= 11 is 0. The molecule has 0 bridgehead atoms. The normalized spacial score (nSPS) is 30.7. The zero-order valence-electron chi connectivity index (χ0n) is 14.3. The van der Waals surface area contributed by atoms with Crippen molar-refractivity contribution < 1.29 is 9.53 Å². The summed E-state index contributed by atoms with van der Waals surface area (Å²) in [6.07, 6.45) is 4.41. The topological polar surface area (TPSA) is 44.8 Å². The Morgan fingerprint density at radius 3 is 2.48 bits per heavy atom. The van der Waals surface area contributed by atoms with Crippen LogP contribution in [0.1, 0.15) is 32.6 Å². The van der Waals surface area contributed by atoms with Crippen LogP contribution in [0.2, 0.25) is 0 Å². The molecule has 23 heavy (non-hydrogen) atoms. The van der Waals surface area contributed by atoms with Crippen molar-refractivity contribution in [2.75, 3.05) is 52.5 Å². The third-order valence-corrected chi connectivity index (χ3v) is 5.51. The van der Waals surface area contributed by atoms with Gasteiger partial charge in [0.25, 0.3) is 0 Å². The molecular weight excluding hydrogens is 314 g/mol. The lowest BCUT2D eigenvalue weighted by molar-refractivity contribution is -0.138. The van der Waals surface area contributed by atoms with E-state index in [1.165, 1.54) is 19.4 Å². The number of piperazine rings is 1. The molecule has 3 heterocycles. The fourth-order valence-corrected chi connectivity index (χ4v) is 4.06. The minimum absolute atomic E-state index is 0. The quantitative estimate of drug-likeness (QED) is 0.839. The van der Waals surface area contributed by atoms with E-state index in [0.29, 0.717) is 11.9 Å². The fraction of sp³-hybridized carbons (Fsp3) is 0.941. The molecule has 134 valence electrons. The summed E-state index contributed by atoms with van der Waals surface area (Å²) in [4.78, 5) is 17.3. The lowest BCUT2D eigenvalue weighted by Crippen LogP contribution is -2.52. The Balaban J connectivity index is 0.00000192. The number of hydrogen-bond donors (Lipinski definition) is 1. The number of carbonyl (C=O) groups excluding carboxylic acids is 1. The van der Waals surface area contributed by atoms with Crippen molar-refractivity contribution in [3.05, 3.63) is 0 Å². The van der Waals surface area contributed by atoms with Crippen LogP contribution in [-0.2, 0) is 9.53 Å². The van der Waals surface area contributed by atoms with Crippen molar-refractivity contribution in [1.82, 2.24) is 15.1 Å². The number of carbonyl (C=O) groups is 1. The number of hydrogen-bond acceptors (Lipinski definition) is 4. The smallest absolute Gasteiger partial charge is 0.225 e. The second-order valence-corrected chi connectivity index (χ2v) is 7.26. The Morgan fingerprint density at radius 1 is 1.13 bits per heavy atom. The summed E-state index contributed by atoms with van der Waals surface area (Å²) in [5.41, 5.74) is 0. The minimum atomic E-state index is 0. The zero-order valence-corrected chi connectivity index (χ0v) is 15.2. The maximum absolute atomic E-state index is 12.7. The van der Waals surface area contributed by atoms with Crippen LogP contribution in [0.25, 0.3) is 0 Å². The van der Waals surface area contributed by atoms with Gasteiger partial charge in [-0.05, 0) is 45.1 Å². The highest BCUT2D eigenvalue weighted by Gasteiger charge is 2.30. The standard InChI is InChI=1S/C17H31N3O2.ClH/c1-14-12-16(2-5-18-14)17(21)20-8-6-19(7-9-20)13-15-3-10-22-11-4-15;/h14-16,18H,2-13H2,1H3;1H/t14-,16-;/m0./s1. The first-order chi connectivity index (χ1) is 10.7. The molecule has 0 aliphatic carbocycles. The van der Waals surface area contributed by atoms with Crippen LogP contribution in [-0.4, -0.2) is 74.2 Å². The second-order valence-electron chi connectivity index (χ2n) is 7.26. The third kappa shape index (κ3) is 5.31. The van der Waals surface area contributed by atoms with Crippen LogP contribution in [0.15, 0.2) is 0 Å². The van der Waals surface area contributed by atoms with Gasteiger partial charge in [0.05, 0.1) is 0 Å². The van der Waals surface area contributed by atoms with E-state index in [2.05, 4.69) is 22.0 Å². The van der Waals surface area contributed by atoms with Gasteiger partial charge in [-0.1, -0.05) is 0 Å². The van der Waals surface area contributed by atoms with E-state index in [1.807, 2.05) is 0 Å². The maximum atomic E-state index is 12.7. The first-order valence-corrected chi connectivity index (χ1v) is 9.04. The van der Waals surface area contributed by atoms with Gasteiger partial charge in [-0.2, -0.15) is 0 Å². The zero-order chi connectivity index (χ0) is 15.4. The van der Waals surface area contributed by atoms with Crippen molar-refractivity contribution in [2.45, 2.75) is 38.6 Å². The van der Waals surface area contributed by atoms with Crippen molar-refractivity contribution in [3.63, 3.8) is 0 Å². The van der Waals surface area contributed by atoms with E-state index >= 15 is 0 Å². The number of nitrogens with zero attached hydrogens (tertiary/aromatic N) is 2. The van der Waals surface area contributed by atoms with Crippen molar-refractivity contribution in [2.24, 2.45) is 11.8 Å². The Morgan fingerprint density at radius 2 is 1.83 bits per heavy atom. The van der Waals surface area contributed by atoms with E-state index in [-0.39, 0.29) is 18.3 Å². The predicted molar refractivity (Wildman–Crippen MR) is 94.0 cm³/mol. The molecule has 1 N–H and O–H groups in total. The molecule has 5 nitrogen and oxygen atoms in total. The van der Waals surface area contributed by atoms with Crippen molar-refractivity contribution in [1.29, 1.82) is 0 Å². The van der Waals surface area contributed by atoms with Crippen molar-refractivity contribution in [3.8, 4) is 0 Å². The SMILES string of the molecule is C[C@H]1C[C@@H](C(=O)N2CCN(CC3CCOCC3)CC2)CCN1.Cl. The number of amides is 1. The van der Waals surface area contributed by atoms with Gasteiger partial charge in [0, 0.05) is 57.9 Å². The van der Waals surface area contributed by atoms with Crippen LogP contribution in [0.4, 0.5) is 0 Å². The number of rotatable bonds is 3. The molecule has 3 saturated heterocycles. The molecule has 3 rings (SSSR count). The van der Waals surface area contributed by atoms with Gasteiger partial charge in [0.15, 0.2) is 0 Å². The molecule has 0 radical (unpaired) electrons. The molecule has 1 amide bonds. The molecule has 0 aromatic rings. The minimum Gasteiger partial charge on any atom is -0.381 e. The van der Waals surface area contributed by atoms with Gasteiger partial charge >= 0.3 is 0 Å². The Hall–Kier alpha value is -0.360. The van der Waals surface area contributed by atoms with Gasteiger partial charge in [0.1, 0.15) is 0 Å². The van der Waals surface area contributed by atoms with Gasteiger partial charge in [-0.15, -0.1) is 12.4 Å². The molecule has 3 fully saturated rings. The van der Waals surface area contributed by atoms with Crippen LogP contribution in [0.5, 0.6) is 0 Å². The molecule has 0 saturated carbocycles. The summed E-state index contributed by atoms with van der Waals surface area (Å²) in [7, 11) is 0. The third-order valence-electron chi connectivity index (χ3n) is 5.51. The summed E-state index contributed by atoms with van der Waals surface area (Å²) in [6, 6.07) is 0.484. The van der Waals surface area contributed by atoms with Gasteiger partial charge < -0.3 is 15.0 Å². The lowest BCUT2D eigenvalue weighted by atomic mass is 9.91. The number of piperidine rings is 1. The summed E-state index contributed by atoms with van der Waals surface area (Å²) < 4.78 is 5.44. The monoisotopic (exact) mass is 345 g/mol. The van der Waals surface area contributed by atoms with Crippen LogP contribution in [0.3, 0.4) is 0 Å². The lowest BCUT2D eigenvalue weighted by Gasteiger charge is -2.39. The average molecular weight is 346 g/mol. The Labute approximate surface area is 146 Å². The highest BCUT2D eigenvalue weighted by molar-refractivity contribution is 5.85. The predicted octanol–water partition coefficient (Wildman–Crippen LogP) is 1.37. The van der Waals surface area contributed by atoms with E-state index in [4.69, 9.17) is 4.74 Å². The number of ether oxygens (including phenoxy) is 1. The summed E-state index contributed by atoms with van der Waals surface area (Å²) in [6.45, 7) is 10.1. The first kappa shape index (κ1) is 19.0. The molecule has 2 atom stereocenters. The van der Waals surface area contributed by atoms with Crippen LogP contribution >= 0.6 is 12.4 Å². The van der Waals surface area contributed by atoms with Gasteiger partial charge in [0.2, 0.25) is 5.91 Å². The van der Waals surface area contributed by atoms with Crippen LogP contribution < -0.4 is 5.32 Å². The highest BCUT2D eigenvalue weighted by Crippen LogP contribution is 2.21.